The Hall–Kier alpha value is -1.45. The third-order valence-corrected chi connectivity index (χ3v) is 1.27. The van der Waals surface area contributed by atoms with E-state index in [-0.39, 0.29) is 0 Å². The summed E-state index contributed by atoms with van der Waals surface area (Å²) in [5.74, 6) is 0.431. The molecule has 0 bridgehead atoms. The van der Waals surface area contributed by atoms with E-state index in [9.17, 15) is 4.79 Å². The molecule has 1 rings (SSSR count). The molecule has 0 spiro atoms. The SMILES string of the molecule is CN1C=CC=C(N)N1C=O. The second-order valence-corrected chi connectivity index (χ2v) is 1.96. The summed E-state index contributed by atoms with van der Waals surface area (Å²) in [5.41, 5.74) is 5.44. The van der Waals surface area contributed by atoms with E-state index >= 15 is 0 Å². The van der Waals surface area contributed by atoms with Crippen molar-refractivity contribution in [1.82, 2.24) is 10.0 Å². The molecular weight excluding hydrogens is 130 g/mol. The molecule has 0 radical (unpaired) electrons. The van der Waals surface area contributed by atoms with Crippen LogP contribution in [0.4, 0.5) is 0 Å². The van der Waals surface area contributed by atoms with Crippen molar-refractivity contribution >= 4 is 6.41 Å². The Kier molecular flexibility index (Phi) is 1.62. The number of nitrogens with zero attached hydrogens (tertiary/aromatic N) is 2. The highest BCUT2D eigenvalue weighted by molar-refractivity contribution is 5.50. The van der Waals surface area contributed by atoms with Crippen LogP contribution in [0.15, 0.2) is 24.2 Å². The highest BCUT2D eigenvalue weighted by Gasteiger charge is 2.09. The van der Waals surface area contributed by atoms with Crippen molar-refractivity contribution in [2.75, 3.05) is 7.05 Å². The van der Waals surface area contributed by atoms with E-state index in [0.717, 1.165) is 0 Å². The van der Waals surface area contributed by atoms with Gasteiger partial charge in [-0.2, -0.15) is 0 Å². The number of nitrogens with two attached hydrogens (primary N) is 1. The summed E-state index contributed by atoms with van der Waals surface area (Å²) in [7, 11) is 1.74. The molecule has 10 heavy (non-hydrogen) atoms. The van der Waals surface area contributed by atoms with Gasteiger partial charge in [0, 0.05) is 13.2 Å². The first-order valence-electron chi connectivity index (χ1n) is 2.87. The standard InChI is InChI=1S/C6H9N3O/c1-8-4-2-3-6(7)9(8)5-10/h2-5H,7H2,1H3. The van der Waals surface area contributed by atoms with Crippen molar-refractivity contribution in [3.63, 3.8) is 0 Å². The molecule has 1 aliphatic heterocycles. The number of hydrogen-bond acceptors (Lipinski definition) is 3. The van der Waals surface area contributed by atoms with Crippen LogP contribution in [-0.2, 0) is 4.79 Å². The molecule has 0 aromatic rings. The fourth-order valence-corrected chi connectivity index (χ4v) is 0.732. The van der Waals surface area contributed by atoms with Crippen LogP contribution in [0.5, 0.6) is 0 Å². The molecule has 0 unspecified atom stereocenters. The first-order chi connectivity index (χ1) is 4.75. The summed E-state index contributed by atoms with van der Waals surface area (Å²) in [6.07, 6.45) is 5.84. The average Bonchev–Trinajstić information content (AvgIpc) is 1.88. The Morgan fingerprint density at radius 2 is 2.40 bits per heavy atom. The second-order valence-electron chi connectivity index (χ2n) is 1.96. The quantitative estimate of drug-likeness (QED) is 0.504. The molecule has 0 aliphatic carbocycles. The smallest absolute Gasteiger partial charge is 0.234 e. The van der Waals surface area contributed by atoms with Crippen LogP contribution < -0.4 is 5.73 Å². The van der Waals surface area contributed by atoms with E-state index in [4.69, 9.17) is 5.73 Å². The largest absolute Gasteiger partial charge is 0.384 e. The summed E-state index contributed by atoms with van der Waals surface area (Å²) in [6.45, 7) is 0. The molecule has 54 valence electrons. The van der Waals surface area contributed by atoms with Crippen LogP contribution >= 0.6 is 0 Å². The van der Waals surface area contributed by atoms with Crippen molar-refractivity contribution < 1.29 is 4.79 Å². The molecule has 0 saturated heterocycles. The lowest BCUT2D eigenvalue weighted by Crippen LogP contribution is -2.38. The summed E-state index contributed by atoms with van der Waals surface area (Å²) in [5, 5.41) is 2.91. The summed E-state index contributed by atoms with van der Waals surface area (Å²) < 4.78 is 0. The van der Waals surface area contributed by atoms with Crippen molar-refractivity contribution in [1.29, 1.82) is 0 Å². The van der Waals surface area contributed by atoms with Gasteiger partial charge < -0.3 is 5.73 Å². The van der Waals surface area contributed by atoms with Gasteiger partial charge in [0.25, 0.3) is 0 Å². The lowest BCUT2D eigenvalue weighted by Gasteiger charge is -2.28. The maximum Gasteiger partial charge on any atom is 0.234 e. The normalized spacial score (nSPS) is 17.1. The molecule has 1 aliphatic rings. The van der Waals surface area contributed by atoms with Crippen LogP contribution in [0.25, 0.3) is 0 Å². The van der Waals surface area contributed by atoms with Crippen molar-refractivity contribution in [2.24, 2.45) is 5.73 Å². The number of carbonyl (C=O) groups is 1. The molecule has 0 saturated carbocycles. The fraction of sp³-hybridized carbons (Fsp3) is 0.167. The van der Waals surface area contributed by atoms with Gasteiger partial charge in [0.15, 0.2) is 0 Å². The van der Waals surface area contributed by atoms with Crippen LogP contribution in [0.3, 0.4) is 0 Å². The molecule has 0 fully saturated rings. The van der Waals surface area contributed by atoms with E-state index in [1.807, 2.05) is 0 Å². The predicted octanol–water partition coefficient (Wildman–Crippen LogP) is -0.381. The van der Waals surface area contributed by atoms with Crippen LogP contribution in [0, 0.1) is 0 Å². The third kappa shape index (κ3) is 0.953. The Bertz CT molecular complexity index is 197. The number of hydrazine groups is 1. The zero-order chi connectivity index (χ0) is 7.56. The third-order valence-electron chi connectivity index (χ3n) is 1.27. The van der Waals surface area contributed by atoms with Gasteiger partial charge in [-0.25, -0.2) is 5.01 Å². The zero-order valence-electron chi connectivity index (χ0n) is 5.69. The molecule has 4 nitrogen and oxygen atoms in total. The van der Waals surface area contributed by atoms with Crippen molar-refractivity contribution in [3.8, 4) is 0 Å². The number of allylic oxidation sites excluding steroid dienone is 2. The summed E-state index contributed by atoms with van der Waals surface area (Å²) in [4.78, 5) is 10.3. The number of amides is 1. The highest BCUT2D eigenvalue weighted by Crippen LogP contribution is 2.04. The van der Waals surface area contributed by atoms with E-state index in [1.165, 1.54) is 5.01 Å². The van der Waals surface area contributed by atoms with Crippen LogP contribution in [-0.4, -0.2) is 23.5 Å². The molecule has 0 aromatic heterocycles. The van der Waals surface area contributed by atoms with E-state index in [1.54, 1.807) is 30.4 Å². The predicted molar refractivity (Wildman–Crippen MR) is 37.1 cm³/mol. The van der Waals surface area contributed by atoms with Gasteiger partial charge in [-0.3, -0.25) is 9.80 Å². The molecule has 1 heterocycles. The molecule has 4 heteroatoms. The van der Waals surface area contributed by atoms with Gasteiger partial charge in [-0.05, 0) is 12.2 Å². The monoisotopic (exact) mass is 139 g/mol. The van der Waals surface area contributed by atoms with E-state index < -0.39 is 0 Å². The average molecular weight is 139 g/mol. The Balaban J connectivity index is 2.80. The van der Waals surface area contributed by atoms with Crippen molar-refractivity contribution in [2.45, 2.75) is 0 Å². The van der Waals surface area contributed by atoms with Gasteiger partial charge in [0.1, 0.15) is 5.82 Å². The van der Waals surface area contributed by atoms with E-state index in [0.29, 0.717) is 12.2 Å². The van der Waals surface area contributed by atoms with E-state index in [2.05, 4.69) is 0 Å². The van der Waals surface area contributed by atoms with Gasteiger partial charge in [0.05, 0.1) is 0 Å². The minimum Gasteiger partial charge on any atom is -0.384 e. The topological polar surface area (TPSA) is 49.6 Å². The molecule has 0 aromatic carbocycles. The number of carbonyl (C=O) groups excluding carboxylic acids is 1. The van der Waals surface area contributed by atoms with Crippen LogP contribution in [0.1, 0.15) is 0 Å². The lowest BCUT2D eigenvalue weighted by molar-refractivity contribution is -0.125. The van der Waals surface area contributed by atoms with Gasteiger partial charge in [-0.1, -0.05) is 0 Å². The Morgan fingerprint density at radius 3 is 2.80 bits per heavy atom. The summed E-state index contributed by atoms with van der Waals surface area (Å²) in [6, 6.07) is 0. The molecule has 0 atom stereocenters. The highest BCUT2D eigenvalue weighted by atomic mass is 16.1. The lowest BCUT2D eigenvalue weighted by atomic mass is 10.4. The maximum absolute atomic E-state index is 10.3. The van der Waals surface area contributed by atoms with Crippen molar-refractivity contribution in [3.05, 3.63) is 24.2 Å². The first-order valence-corrected chi connectivity index (χ1v) is 2.87. The molecular formula is C6H9N3O. The number of hydrogen-bond donors (Lipinski definition) is 1. The molecule has 1 amide bonds. The minimum absolute atomic E-state index is 0.431. The van der Waals surface area contributed by atoms with Gasteiger partial charge in [0.2, 0.25) is 6.41 Å². The van der Waals surface area contributed by atoms with Gasteiger partial charge in [-0.15, -0.1) is 0 Å². The van der Waals surface area contributed by atoms with Gasteiger partial charge >= 0.3 is 0 Å². The fourth-order valence-electron chi connectivity index (χ4n) is 0.732. The first kappa shape index (κ1) is 6.67. The summed E-state index contributed by atoms with van der Waals surface area (Å²) >= 11 is 0. The second kappa shape index (κ2) is 2.43. The minimum atomic E-state index is 0.431. The maximum atomic E-state index is 10.3. The van der Waals surface area contributed by atoms with Crippen LogP contribution in [0.2, 0.25) is 0 Å². The number of rotatable bonds is 1. The Labute approximate surface area is 59.2 Å². The Morgan fingerprint density at radius 1 is 1.70 bits per heavy atom. The zero-order valence-corrected chi connectivity index (χ0v) is 5.69. The molecule has 2 N–H and O–H groups in total.